The molecule has 2 aliphatic rings. The summed E-state index contributed by atoms with van der Waals surface area (Å²) in [5.41, 5.74) is 9.19. The zero-order valence-electron chi connectivity index (χ0n) is 15.9. The lowest BCUT2D eigenvalue weighted by Crippen LogP contribution is -2.40. The van der Waals surface area contributed by atoms with Gasteiger partial charge in [0, 0.05) is 35.8 Å². The van der Waals surface area contributed by atoms with Crippen LogP contribution in [0.2, 0.25) is 0 Å². The van der Waals surface area contributed by atoms with Gasteiger partial charge in [0.05, 0.1) is 18.6 Å². The maximum atomic E-state index is 13.5. The van der Waals surface area contributed by atoms with Crippen LogP contribution in [0.5, 0.6) is 0 Å². The van der Waals surface area contributed by atoms with E-state index >= 15 is 0 Å². The van der Waals surface area contributed by atoms with Gasteiger partial charge in [0.1, 0.15) is 11.6 Å². The van der Waals surface area contributed by atoms with E-state index in [1.807, 2.05) is 6.07 Å². The van der Waals surface area contributed by atoms with Crippen LogP contribution < -0.4 is 10.6 Å². The second kappa shape index (κ2) is 7.50. The smallest absolute Gasteiger partial charge is 0.338 e. The van der Waals surface area contributed by atoms with Crippen LogP contribution in [0, 0.1) is 5.82 Å². The first-order valence-corrected chi connectivity index (χ1v) is 9.32. The molecule has 6 nitrogen and oxygen atoms in total. The molecule has 4 rings (SSSR count). The SMILES string of the molecule is COC(=O)C1=C(N)N(c2ccc(F)cc2)C2=C(C(=O)CCC2)C1c1cccnc1. The zero-order valence-corrected chi connectivity index (χ0v) is 15.9. The fourth-order valence-corrected chi connectivity index (χ4v) is 4.06. The predicted octanol–water partition coefficient (Wildman–Crippen LogP) is 3.17. The van der Waals surface area contributed by atoms with Gasteiger partial charge in [-0.3, -0.25) is 14.7 Å². The molecule has 1 aliphatic heterocycles. The number of hydrogen-bond acceptors (Lipinski definition) is 6. The minimum Gasteiger partial charge on any atom is -0.466 e. The van der Waals surface area contributed by atoms with Crippen molar-refractivity contribution in [3.8, 4) is 0 Å². The number of carbonyl (C=O) groups is 2. The number of anilines is 1. The number of benzene rings is 1. The first-order valence-electron chi connectivity index (χ1n) is 9.32. The average Bonchev–Trinajstić information content (AvgIpc) is 2.74. The van der Waals surface area contributed by atoms with Crippen LogP contribution in [-0.4, -0.2) is 23.8 Å². The van der Waals surface area contributed by atoms with Crippen molar-refractivity contribution in [2.45, 2.75) is 25.2 Å². The lowest BCUT2D eigenvalue weighted by Gasteiger charge is -2.40. The zero-order chi connectivity index (χ0) is 20.5. The van der Waals surface area contributed by atoms with Crippen molar-refractivity contribution in [1.29, 1.82) is 0 Å². The number of rotatable bonds is 3. The van der Waals surface area contributed by atoms with Gasteiger partial charge in [-0.05, 0) is 48.7 Å². The molecule has 2 aromatic rings. The number of ether oxygens (including phenoxy) is 1. The summed E-state index contributed by atoms with van der Waals surface area (Å²) in [6.07, 6.45) is 4.93. The summed E-state index contributed by atoms with van der Waals surface area (Å²) in [5.74, 6) is -1.53. The highest BCUT2D eigenvalue weighted by atomic mass is 19.1. The van der Waals surface area contributed by atoms with Crippen LogP contribution in [0.15, 0.2) is 71.5 Å². The molecule has 1 aliphatic carbocycles. The van der Waals surface area contributed by atoms with Crippen molar-refractivity contribution in [3.05, 3.63) is 82.8 Å². The average molecular weight is 393 g/mol. The second-order valence-electron chi connectivity index (χ2n) is 6.96. The van der Waals surface area contributed by atoms with Gasteiger partial charge in [0.15, 0.2) is 5.78 Å². The summed E-state index contributed by atoms with van der Waals surface area (Å²) < 4.78 is 18.5. The minimum atomic E-state index is -0.657. The van der Waals surface area contributed by atoms with Gasteiger partial charge in [-0.25, -0.2) is 9.18 Å². The van der Waals surface area contributed by atoms with E-state index < -0.39 is 11.9 Å². The molecule has 0 bridgehead atoms. The molecule has 0 radical (unpaired) electrons. The molecule has 0 amide bonds. The third-order valence-electron chi connectivity index (χ3n) is 5.30. The highest BCUT2D eigenvalue weighted by Gasteiger charge is 2.43. The maximum Gasteiger partial charge on any atom is 0.338 e. The van der Waals surface area contributed by atoms with E-state index in [9.17, 15) is 14.0 Å². The Balaban J connectivity index is 1.99. The van der Waals surface area contributed by atoms with Crippen LogP contribution in [0.1, 0.15) is 30.7 Å². The molecule has 148 valence electrons. The van der Waals surface area contributed by atoms with Crippen LogP contribution in [-0.2, 0) is 14.3 Å². The van der Waals surface area contributed by atoms with E-state index in [-0.39, 0.29) is 23.0 Å². The number of aromatic nitrogens is 1. The van der Waals surface area contributed by atoms with Crippen LogP contribution in [0.25, 0.3) is 0 Å². The molecule has 1 aromatic heterocycles. The number of ketones is 1. The first kappa shape index (κ1) is 18.9. The van der Waals surface area contributed by atoms with Gasteiger partial charge < -0.3 is 10.5 Å². The number of Topliss-reactive ketones (excluding diaryl/α,β-unsaturated/α-hetero) is 1. The van der Waals surface area contributed by atoms with Gasteiger partial charge in [0.2, 0.25) is 0 Å². The summed E-state index contributed by atoms with van der Waals surface area (Å²) in [6.45, 7) is 0. The molecule has 2 N–H and O–H groups in total. The molecule has 29 heavy (non-hydrogen) atoms. The van der Waals surface area contributed by atoms with E-state index in [1.165, 1.54) is 19.2 Å². The molecule has 1 unspecified atom stereocenters. The number of nitrogens with two attached hydrogens (primary N) is 1. The molecular formula is C22H20FN3O3. The van der Waals surface area contributed by atoms with Gasteiger partial charge >= 0.3 is 5.97 Å². The normalized spacial score (nSPS) is 19.3. The Morgan fingerprint density at radius 2 is 2.00 bits per heavy atom. The first-order chi connectivity index (χ1) is 14.0. The molecule has 1 aromatic carbocycles. The van der Waals surface area contributed by atoms with E-state index in [0.717, 1.165) is 5.70 Å². The Bertz CT molecular complexity index is 1030. The van der Waals surface area contributed by atoms with E-state index in [0.29, 0.717) is 36.1 Å². The van der Waals surface area contributed by atoms with Crippen LogP contribution in [0.3, 0.4) is 0 Å². The number of halogens is 1. The highest BCUT2D eigenvalue weighted by molar-refractivity contribution is 6.05. The number of allylic oxidation sites excluding steroid dienone is 2. The molecule has 0 fully saturated rings. The van der Waals surface area contributed by atoms with E-state index in [1.54, 1.807) is 35.5 Å². The Labute approximate surface area is 167 Å². The number of hydrogen-bond donors (Lipinski definition) is 1. The summed E-state index contributed by atoms with van der Waals surface area (Å²) in [6, 6.07) is 9.35. The van der Waals surface area contributed by atoms with Gasteiger partial charge in [-0.2, -0.15) is 0 Å². The van der Waals surface area contributed by atoms with Crippen LogP contribution >= 0.6 is 0 Å². The number of esters is 1. The van der Waals surface area contributed by atoms with E-state index in [4.69, 9.17) is 10.5 Å². The quantitative estimate of drug-likeness (QED) is 0.807. The number of carbonyl (C=O) groups excluding carboxylic acids is 2. The minimum absolute atomic E-state index is 0.0406. The number of nitrogens with zero attached hydrogens (tertiary/aromatic N) is 2. The lowest BCUT2D eigenvalue weighted by molar-refractivity contribution is -0.136. The monoisotopic (exact) mass is 393 g/mol. The Morgan fingerprint density at radius 1 is 1.24 bits per heavy atom. The summed E-state index contributed by atoms with van der Waals surface area (Å²) in [5, 5.41) is 0. The maximum absolute atomic E-state index is 13.5. The molecule has 1 atom stereocenters. The fourth-order valence-electron chi connectivity index (χ4n) is 4.06. The van der Waals surface area contributed by atoms with Crippen molar-refractivity contribution in [1.82, 2.24) is 4.98 Å². The Morgan fingerprint density at radius 3 is 2.66 bits per heavy atom. The Kier molecular flexibility index (Phi) is 4.88. The van der Waals surface area contributed by atoms with Crippen molar-refractivity contribution >= 4 is 17.4 Å². The number of pyridine rings is 1. The molecule has 7 heteroatoms. The van der Waals surface area contributed by atoms with Crippen molar-refractivity contribution in [2.75, 3.05) is 12.0 Å². The van der Waals surface area contributed by atoms with Gasteiger partial charge in [0.25, 0.3) is 0 Å². The van der Waals surface area contributed by atoms with Crippen molar-refractivity contribution < 1.29 is 18.7 Å². The lowest BCUT2D eigenvalue weighted by atomic mass is 9.75. The third-order valence-corrected chi connectivity index (χ3v) is 5.30. The topological polar surface area (TPSA) is 85.5 Å². The largest absolute Gasteiger partial charge is 0.466 e. The highest BCUT2D eigenvalue weighted by Crippen LogP contribution is 2.46. The number of methoxy groups -OCH3 is 1. The summed E-state index contributed by atoms with van der Waals surface area (Å²) >= 11 is 0. The fraction of sp³-hybridized carbons (Fsp3) is 0.227. The molecule has 2 heterocycles. The summed E-state index contributed by atoms with van der Waals surface area (Å²) in [4.78, 5) is 31.6. The summed E-state index contributed by atoms with van der Waals surface area (Å²) in [7, 11) is 1.28. The van der Waals surface area contributed by atoms with Crippen molar-refractivity contribution in [3.63, 3.8) is 0 Å². The molecule has 0 saturated carbocycles. The van der Waals surface area contributed by atoms with Crippen molar-refractivity contribution in [2.24, 2.45) is 5.73 Å². The standard InChI is InChI=1S/C22H20FN3O3/c1-29-22(28)20-18(13-4-3-11-25-12-13)19-16(5-2-6-17(19)27)26(21(20)24)15-9-7-14(23)8-10-15/h3-4,7-12,18H,2,5-6,24H2,1H3. The molecular weight excluding hydrogens is 373 g/mol. The second-order valence-corrected chi connectivity index (χ2v) is 6.96. The third kappa shape index (κ3) is 3.18. The predicted molar refractivity (Wildman–Crippen MR) is 105 cm³/mol. The molecule has 0 saturated heterocycles. The van der Waals surface area contributed by atoms with Gasteiger partial charge in [-0.15, -0.1) is 0 Å². The molecule has 0 spiro atoms. The van der Waals surface area contributed by atoms with E-state index in [2.05, 4.69) is 4.98 Å². The Hall–Kier alpha value is -3.48. The van der Waals surface area contributed by atoms with Crippen LogP contribution in [0.4, 0.5) is 10.1 Å². The van der Waals surface area contributed by atoms with Gasteiger partial charge in [-0.1, -0.05) is 6.07 Å².